The summed E-state index contributed by atoms with van der Waals surface area (Å²) in [7, 11) is 0. The predicted octanol–water partition coefficient (Wildman–Crippen LogP) is 4.67. The first-order chi connectivity index (χ1) is 11.3. The molecule has 2 aliphatic carbocycles. The molecule has 0 saturated heterocycles. The summed E-state index contributed by atoms with van der Waals surface area (Å²) in [5, 5.41) is 0. The normalized spacial score (nSPS) is 20.3. The molecule has 2 fully saturated rings. The second-order valence-corrected chi connectivity index (χ2v) is 7.91. The lowest BCUT2D eigenvalue weighted by Crippen LogP contribution is -2.49. The van der Waals surface area contributed by atoms with Crippen LogP contribution >= 0.6 is 11.8 Å². The predicted molar refractivity (Wildman–Crippen MR) is 95.6 cm³/mol. The second-order valence-electron chi connectivity index (χ2n) is 6.86. The number of pyridine rings is 1. The topological polar surface area (TPSA) is 33.2 Å². The summed E-state index contributed by atoms with van der Waals surface area (Å²) in [5.41, 5.74) is 0. The van der Waals surface area contributed by atoms with Crippen LogP contribution in [-0.4, -0.2) is 33.6 Å². The third-order valence-corrected chi connectivity index (χ3v) is 6.23. The summed E-state index contributed by atoms with van der Waals surface area (Å²) in [6, 6.07) is 4.97. The Morgan fingerprint density at radius 1 is 0.957 bits per heavy atom. The number of hydrogen-bond acceptors (Lipinski definition) is 3. The minimum Gasteiger partial charge on any atom is -0.336 e. The van der Waals surface area contributed by atoms with Gasteiger partial charge in [-0.1, -0.05) is 38.5 Å². The van der Waals surface area contributed by atoms with Gasteiger partial charge >= 0.3 is 0 Å². The van der Waals surface area contributed by atoms with E-state index in [4.69, 9.17) is 0 Å². The van der Waals surface area contributed by atoms with E-state index >= 15 is 0 Å². The average molecular weight is 333 g/mol. The molecule has 0 N–H and O–H groups in total. The van der Waals surface area contributed by atoms with Crippen LogP contribution < -0.4 is 0 Å². The van der Waals surface area contributed by atoms with Crippen LogP contribution in [0.25, 0.3) is 0 Å². The number of thioether (sulfide) groups is 1. The van der Waals surface area contributed by atoms with Gasteiger partial charge in [-0.15, -0.1) is 11.8 Å². The quantitative estimate of drug-likeness (QED) is 0.735. The van der Waals surface area contributed by atoms with E-state index in [0.29, 0.717) is 23.7 Å². The molecule has 3 nitrogen and oxygen atoms in total. The summed E-state index contributed by atoms with van der Waals surface area (Å²) < 4.78 is 0. The first-order valence-corrected chi connectivity index (χ1v) is 10.2. The van der Waals surface area contributed by atoms with E-state index in [1.807, 2.05) is 12.1 Å². The first-order valence-electron chi connectivity index (χ1n) is 9.18. The van der Waals surface area contributed by atoms with Crippen molar-refractivity contribution in [2.75, 3.05) is 5.75 Å². The molecule has 0 radical (unpaired) electrons. The summed E-state index contributed by atoms with van der Waals surface area (Å²) in [4.78, 5) is 20.5. The molecule has 0 atom stereocenters. The number of rotatable bonds is 5. The highest BCUT2D eigenvalue weighted by molar-refractivity contribution is 8.00. The Balaban J connectivity index is 1.64. The van der Waals surface area contributed by atoms with Crippen molar-refractivity contribution >= 4 is 17.7 Å². The monoisotopic (exact) mass is 332 g/mol. The number of carbonyl (C=O) groups is 1. The van der Waals surface area contributed by atoms with Gasteiger partial charge in [-0.25, -0.2) is 0 Å². The molecule has 2 aliphatic rings. The Morgan fingerprint density at radius 2 is 1.48 bits per heavy atom. The zero-order chi connectivity index (χ0) is 15.9. The molecule has 3 rings (SSSR count). The fraction of sp³-hybridized carbons (Fsp3) is 0.684. The number of aromatic nitrogens is 1. The Bertz CT molecular complexity index is 463. The molecule has 23 heavy (non-hydrogen) atoms. The second kappa shape index (κ2) is 8.72. The number of carbonyl (C=O) groups excluding carboxylic acids is 1. The lowest BCUT2D eigenvalue weighted by Gasteiger charge is -2.41. The summed E-state index contributed by atoms with van der Waals surface area (Å²) in [6.07, 6.45) is 16.3. The largest absolute Gasteiger partial charge is 0.336 e. The van der Waals surface area contributed by atoms with Crippen LogP contribution in [0.15, 0.2) is 29.4 Å². The molecule has 1 heterocycles. The number of nitrogens with zero attached hydrogens (tertiary/aromatic N) is 2. The van der Waals surface area contributed by atoms with E-state index in [1.54, 1.807) is 24.2 Å². The molecule has 1 aromatic heterocycles. The SMILES string of the molecule is O=C(CSc1ccncc1)N(C1CCCCC1)C1CCCCC1. The highest BCUT2D eigenvalue weighted by Crippen LogP contribution is 2.31. The van der Waals surface area contributed by atoms with Crippen LogP contribution in [0.3, 0.4) is 0 Å². The minimum absolute atomic E-state index is 0.352. The molecule has 4 heteroatoms. The lowest BCUT2D eigenvalue weighted by atomic mass is 9.88. The summed E-state index contributed by atoms with van der Waals surface area (Å²) in [5.74, 6) is 0.919. The zero-order valence-corrected chi connectivity index (χ0v) is 14.8. The van der Waals surface area contributed by atoms with Gasteiger partial charge in [0, 0.05) is 29.4 Å². The van der Waals surface area contributed by atoms with E-state index in [-0.39, 0.29) is 0 Å². The van der Waals surface area contributed by atoms with Crippen molar-refractivity contribution < 1.29 is 4.79 Å². The average Bonchev–Trinajstić information content (AvgIpc) is 2.63. The highest BCUT2D eigenvalue weighted by atomic mass is 32.2. The van der Waals surface area contributed by atoms with Gasteiger partial charge in [0.1, 0.15) is 0 Å². The first kappa shape index (κ1) is 16.8. The fourth-order valence-electron chi connectivity index (χ4n) is 4.08. The van der Waals surface area contributed by atoms with Gasteiger partial charge in [-0.05, 0) is 37.8 Å². The molecule has 0 spiro atoms. The van der Waals surface area contributed by atoms with Crippen molar-refractivity contribution in [2.24, 2.45) is 0 Å². The molecule has 126 valence electrons. The Kier molecular flexibility index (Phi) is 6.37. The van der Waals surface area contributed by atoms with E-state index in [9.17, 15) is 4.79 Å². The van der Waals surface area contributed by atoms with Crippen LogP contribution in [0, 0.1) is 0 Å². The van der Waals surface area contributed by atoms with Crippen LogP contribution in [0.2, 0.25) is 0 Å². The lowest BCUT2D eigenvalue weighted by molar-refractivity contribution is -0.135. The van der Waals surface area contributed by atoms with Crippen LogP contribution in [-0.2, 0) is 4.79 Å². The van der Waals surface area contributed by atoms with Gasteiger partial charge in [0.2, 0.25) is 5.91 Å². The van der Waals surface area contributed by atoms with Gasteiger partial charge in [-0.3, -0.25) is 9.78 Å². The van der Waals surface area contributed by atoms with Gasteiger partial charge in [0.15, 0.2) is 0 Å². The van der Waals surface area contributed by atoms with Gasteiger partial charge in [0.25, 0.3) is 0 Å². The van der Waals surface area contributed by atoms with Crippen LogP contribution in [0.5, 0.6) is 0 Å². The standard InChI is InChI=1S/C19H28N2OS/c22-19(15-23-18-11-13-20-14-12-18)21(16-7-3-1-4-8-16)17-9-5-2-6-10-17/h11-14,16-17H,1-10,15H2. The van der Waals surface area contributed by atoms with Crippen molar-refractivity contribution in [2.45, 2.75) is 81.2 Å². The summed E-state index contributed by atoms with van der Waals surface area (Å²) in [6.45, 7) is 0. The Hall–Kier alpha value is -1.03. The Morgan fingerprint density at radius 3 is 2.00 bits per heavy atom. The fourth-order valence-corrected chi connectivity index (χ4v) is 4.83. The molecular formula is C19H28N2OS. The van der Waals surface area contributed by atoms with E-state index in [0.717, 1.165) is 4.90 Å². The van der Waals surface area contributed by atoms with Crippen molar-refractivity contribution in [1.29, 1.82) is 0 Å². The maximum Gasteiger partial charge on any atom is 0.233 e. The van der Waals surface area contributed by atoms with Crippen molar-refractivity contribution in [3.8, 4) is 0 Å². The molecule has 0 bridgehead atoms. The smallest absolute Gasteiger partial charge is 0.233 e. The maximum absolute atomic E-state index is 13.0. The zero-order valence-electron chi connectivity index (χ0n) is 14.0. The molecule has 1 aromatic rings. The minimum atomic E-state index is 0.352. The van der Waals surface area contributed by atoms with Gasteiger partial charge in [-0.2, -0.15) is 0 Å². The van der Waals surface area contributed by atoms with E-state index < -0.39 is 0 Å². The molecule has 1 amide bonds. The maximum atomic E-state index is 13.0. The number of amides is 1. The number of hydrogen-bond donors (Lipinski definition) is 0. The summed E-state index contributed by atoms with van der Waals surface area (Å²) >= 11 is 1.65. The Labute approximate surface area is 144 Å². The molecular weight excluding hydrogens is 304 g/mol. The molecule has 0 unspecified atom stereocenters. The van der Waals surface area contributed by atoms with Gasteiger partial charge in [0.05, 0.1) is 5.75 Å². The van der Waals surface area contributed by atoms with Crippen molar-refractivity contribution in [3.05, 3.63) is 24.5 Å². The third-order valence-electron chi connectivity index (χ3n) is 5.24. The van der Waals surface area contributed by atoms with Crippen LogP contribution in [0.4, 0.5) is 0 Å². The van der Waals surface area contributed by atoms with Crippen molar-refractivity contribution in [3.63, 3.8) is 0 Å². The van der Waals surface area contributed by atoms with E-state index in [2.05, 4.69) is 9.88 Å². The molecule has 0 aliphatic heterocycles. The van der Waals surface area contributed by atoms with Crippen molar-refractivity contribution in [1.82, 2.24) is 9.88 Å². The highest BCUT2D eigenvalue weighted by Gasteiger charge is 2.32. The van der Waals surface area contributed by atoms with Gasteiger partial charge < -0.3 is 4.90 Å². The molecule has 2 saturated carbocycles. The third kappa shape index (κ3) is 4.72. The molecule has 0 aromatic carbocycles. The van der Waals surface area contributed by atoms with Crippen LogP contribution in [0.1, 0.15) is 64.2 Å². The van der Waals surface area contributed by atoms with E-state index in [1.165, 1.54) is 64.2 Å².